The SMILES string of the molecule is CCCC1(Cc2cc3c(-c4cccc5ccccc45)cccc3[cH-]2)CCCCCC1.CCCC1(Cc2cc3c(-c4cccc5ccccc45)cccc3[cH-]2)CCCCCC1.C[Si](C)=[Zr+2].[Cl-].[Cl-]. The van der Waals surface area contributed by atoms with Gasteiger partial charge in [0.1, 0.15) is 0 Å². The number of hydrogen-bond donors (Lipinski definition) is 0. The van der Waals surface area contributed by atoms with E-state index < -0.39 is 0 Å². The van der Waals surface area contributed by atoms with Crippen molar-refractivity contribution >= 4 is 48.5 Å². The maximum Gasteiger partial charge on any atom is -1.00 e. The Labute approximate surface area is 425 Å². The van der Waals surface area contributed by atoms with Gasteiger partial charge in [-0.3, -0.25) is 0 Å². The zero-order valence-electron chi connectivity index (χ0n) is 40.3. The Balaban J connectivity index is 0.000000196. The third kappa shape index (κ3) is 12.7. The molecule has 0 spiro atoms. The van der Waals surface area contributed by atoms with Crippen LogP contribution in [-0.2, 0) is 36.2 Å². The van der Waals surface area contributed by atoms with E-state index >= 15 is 0 Å². The minimum absolute atomic E-state index is 0. The third-order valence-corrected chi connectivity index (χ3v) is 14.8. The Morgan fingerprint density at radius 2 is 0.758 bits per heavy atom. The van der Waals surface area contributed by atoms with Gasteiger partial charge in [0.15, 0.2) is 0 Å². The molecule has 8 aromatic carbocycles. The molecule has 0 aromatic heterocycles. The summed E-state index contributed by atoms with van der Waals surface area (Å²) in [6.07, 6.45) is 24.9. The van der Waals surface area contributed by atoms with E-state index in [1.54, 1.807) is 34.5 Å². The largest absolute Gasteiger partial charge is 1.00 e. The van der Waals surface area contributed by atoms with Crippen molar-refractivity contribution in [2.24, 2.45) is 10.8 Å². The summed E-state index contributed by atoms with van der Waals surface area (Å²) in [5, 5.41) is 11.0. The standard InChI is InChI=1S/2C30H33.C2H6Si.2ClH.Zr/c2*1-2-17-30(18-7-3-4-8-19-30)22-23-20-25-13-10-16-28(29(25)21-23)27-15-9-12-24-11-5-6-14-26(24)27;1-3-2;;;/h2*5-6,9-16,20-21H,2-4,7-8,17-19,22H2,1H3;1-2H3;2*1H;/q2*-1;;;;+2/p-2. The predicted molar refractivity (Wildman–Crippen MR) is 280 cm³/mol. The normalized spacial score (nSPS) is 15.6. The molecule has 8 aromatic rings. The Bertz CT molecular complexity index is 2570. The molecule has 0 aliphatic heterocycles. The minimum Gasteiger partial charge on any atom is -1.00 e. The van der Waals surface area contributed by atoms with E-state index in [4.69, 9.17) is 0 Å². The van der Waals surface area contributed by atoms with Gasteiger partial charge in [-0.2, -0.15) is 12.1 Å². The van der Waals surface area contributed by atoms with Crippen molar-refractivity contribution in [2.45, 2.75) is 143 Å². The summed E-state index contributed by atoms with van der Waals surface area (Å²) in [7, 11) is 0. The van der Waals surface area contributed by atoms with E-state index in [-0.39, 0.29) is 30.2 Å². The summed E-state index contributed by atoms with van der Waals surface area (Å²) in [4.78, 5) is 0. The Hall–Kier alpha value is -3.26. The second-order valence-electron chi connectivity index (χ2n) is 20.1. The zero-order chi connectivity index (χ0) is 44.4. The summed E-state index contributed by atoms with van der Waals surface area (Å²) in [6, 6.07) is 54.6. The van der Waals surface area contributed by atoms with Gasteiger partial charge in [0.25, 0.3) is 0 Å². The molecule has 0 unspecified atom stereocenters. The fraction of sp³-hybridized carbons (Fsp3) is 0.387. The molecule has 2 fully saturated rings. The van der Waals surface area contributed by atoms with Crippen molar-refractivity contribution in [1.82, 2.24) is 0 Å². The molecule has 4 heteroatoms. The fourth-order valence-electron chi connectivity index (χ4n) is 12.1. The first-order chi connectivity index (χ1) is 31.3. The molecule has 344 valence electrons. The maximum atomic E-state index is 2.51. The van der Waals surface area contributed by atoms with Gasteiger partial charge >= 0.3 is 41.9 Å². The maximum absolute atomic E-state index is 2.51. The first kappa shape index (κ1) is 52.1. The van der Waals surface area contributed by atoms with Gasteiger partial charge in [0.05, 0.1) is 0 Å². The van der Waals surface area contributed by atoms with Gasteiger partial charge in [-0.25, -0.2) is 0 Å². The zero-order valence-corrected chi connectivity index (χ0v) is 45.3. The topological polar surface area (TPSA) is 0 Å². The van der Waals surface area contributed by atoms with E-state index in [0.29, 0.717) is 10.8 Å². The fourth-order valence-corrected chi connectivity index (χ4v) is 12.1. The van der Waals surface area contributed by atoms with Crippen LogP contribution in [0.5, 0.6) is 0 Å². The molecule has 2 aliphatic rings. The molecular weight excluding hydrogens is 935 g/mol. The number of fused-ring (bicyclic) bond motifs is 4. The van der Waals surface area contributed by atoms with Gasteiger partial charge in [-0.15, -0.1) is 69.1 Å². The predicted octanol–water partition coefficient (Wildman–Crippen LogP) is 12.9. The molecule has 0 heterocycles. The Kier molecular flexibility index (Phi) is 19.6. The van der Waals surface area contributed by atoms with Crippen molar-refractivity contribution in [1.29, 1.82) is 0 Å². The molecule has 66 heavy (non-hydrogen) atoms. The van der Waals surface area contributed by atoms with Gasteiger partial charge in [0.2, 0.25) is 0 Å². The van der Waals surface area contributed by atoms with Crippen LogP contribution in [0.1, 0.15) is 128 Å². The molecule has 0 saturated heterocycles. The van der Waals surface area contributed by atoms with Crippen LogP contribution in [0.25, 0.3) is 65.3 Å². The summed E-state index contributed by atoms with van der Waals surface area (Å²) >= 11 is 1.74. The molecule has 0 nitrogen and oxygen atoms in total. The van der Waals surface area contributed by atoms with Crippen molar-refractivity contribution < 1.29 is 48.1 Å². The van der Waals surface area contributed by atoms with E-state index in [0.717, 1.165) is 0 Å². The minimum atomic E-state index is 0. The van der Waals surface area contributed by atoms with Crippen molar-refractivity contribution in [3.05, 3.63) is 157 Å². The van der Waals surface area contributed by atoms with Crippen LogP contribution >= 0.6 is 0 Å². The molecule has 0 radical (unpaired) electrons. The molecular formula is C62H72Cl2SiZr-2. The van der Waals surface area contributed by atoms with Crippen LogP contribution in [0, 0.1) is 10.8 Å². The first-order valence-electron chi connectivity index (χ1n) is 25.1. The molecule has 0 atom stereocenters. The Morgan fingerprint density at radius 3 is 1.12 bits per heavy atom. The van der Waals surface area contributed by atoms with Gasteiger partial charge < -0.3 is 24.8 Å². The average molecular weight is 1010 g/mol. The van der Waals surface area contributed by atoms with E-state index in [1.807, 2.05) is 0 Å². The van der Waals surface area contributed by atoms with Crippen LogP contribution in [0.15, 0.2) is 146 Å². The summed E-state index contributed by atoms with van der Waals surface area (Å²) in [6.45, 7) is 9.35. The van der Waals surface area contributed by atoms with Crippen LogP contribution in [0.4, 0.5) is 0 Å². The van der Waals surface area contributed by atoms with Crippen LogP contribution < -0.4 is 24.8 Å². The number of rotatable bonds is 10. The number of halogens is 2. The average Bonchev–Trinajstić information content (AvgIpc) is 3.74. The molecule has 10 rings (SSSR count). The number of hydrogen-bond acceptors (Lipinski definition) is 0. The molecule has 0 amide bonds. The van der Waals surface area contributed by atoms with Crippen molar-refractivity contribution in [2.75, 3.05) is 0 Å². The van der Waals surface area contributed by atoms with Gasteiger partial charge in [-0.1, -0.05) is 186 Å². The third-order valence-electron chi connectivity index (χ3n) is 14.8. The summed E-state index contributed by atoms with van der Waals surface area (Å²) < 4.78 is 0. The Morgan fingerprint density at radius 1 is 0.439 bits per heavy atom. The summed E-state index contributed by atoms with van der Waals surface area (Å²) in [5.74, 6) is 0. The second-order valence-corrected chi connectivity index (χ2v) is 29.5. The molecule has 2 aliphatic carbocycles. The molecule has 2 saturated carbocycles. The van der Waals surface area contributed by atoms with Crippen LogP contribution in [0.2, 0.25) is 13.1 Å². The van der Waals surface area contributed by atoms with Crippen molar-refractivity contribution in [3.8, 4) is 22.3 Å². The molecule has 0 bridgehead atoms. The monoisotopic (exact) mass is 1000 g/mol. The van der Waals surface area contributed by atoms with Gasteiger partial charge in [0, 0.05) is 0 Å². The molecule has 0 N–H and O–H groups in total. The van der Waals surface area contributed by atoms with E-state index in [9.17, 15) is 0 Å². The summed E-state index contributed by atoms with van der Waals surface area (Å²) in [5.41, 5.74) is 9.82. The quantitative estimate of drug-likeness (QED) is 0.0728. The van der Waals surface area contributed by atoms with Crippen molar-refractivity contribution in [3.63, 3.8) is 0 Å². The second kappa shape index (κ2) is 24.9. The first-order valence-corrected chi connectivity index (χ1v) is 31.3. The van der Waals surface area contributed by atoms with Crippen LogP contribution in [0.3, 0.4) is 0 Å². The number of benzene rings is 6. The van der Waals surface area contributed by atoms with Crippen LogP contribution in [-0.4, -0.2) is 5.43 Å². The van der Waals surface area contributed by atoms with Gasteiger partial charge in [-0.05, 0) is 94.9 Å². The van der Waals surface area contributed by atoms with E-state index in [2.05, 4.69) is 173 Å². The smallest absolute Gasteiger partial charge is 1.00 e. The van der Waals surface area contributed by atoms with E-state index in [1.165, 1.54) is 181 Å².